The van der Waals surface area contributed by atoms with Crippen molar-refractivity contribution < 1.29 is 54.0 Å². The first-order valence-corrected chi connectivity index (χ1v) is 15.0. The van der Waals surface area contributed by atoms with E-state index in [9.17, 15) is 30.3 Å². The number of fused-ring (bicyclic) bond motifs is 1. The lowest BCUT2D eigenvalue weighted by atomic mass is 9.83. The van der Waals surface area contributed by atoms with Crippen LogP contribution in [-0.2, 0) is 19.0 Å². The second-order valence-electron chi connectivity index (χ2n) is 11.1. The van der Waals surface area contributed by atoms with Crippen LogP contribution in [0.2, 0.25) is 10.0 Å². The summed E-state index contributed by atoms with van der Waals surface area (Å²) in [5.41, 5.74) is 1.39. The minimum atomic E-state index is -1.48. The minimum Gasteiger partial charge on any atom is -0.504 e. The van der Waals surface area contributed by atoms with Crippen LogP contribution in [0.4, 0.5) is 0 Å². The Bertz CT molecular complexity index is 1450. The smallest absolute Gasteiger partial charge is 0.247 e. The fourth-order valence-corrected chi connectivity index (χ4v) is 5.82. The summed E-state index contributed by atoms with van der Waals surface area (Å²) in [5, 5.41) is 56.0. The van der Waals surface area contributed by atoms with Crippen molar-refractivity contribution in [3.63, 3.8) is 0 Å². The molecular weight excluding hydrogens is 633 g/mol. The summed E-state index contributed by atoms with van der Waals surface area (Å²) in [7, 11) is 0. The van der Waals surface area contributed by atoms with Crippen LogP contribution >= 0.6 is 23.2 Å². The van der Waals surface area contributed by atoms with Gasteiger partial charge in [0.1, 0.15) is 55.8 Å². The van der Waals surface area contributed by atoms with Crippen molar-refractivity contribution in [1.29, 1.82) is 0 Å². The van der Waals surface area contributed by atoms with Crippen LogP contribution in [0.5, 0.6) is 17.2 Å². The van der Waals surface area contributed by atoms with E-state index in [4.69, 9.17) is 46.9 Å². The fourth-order valence-electron chi connectivity index (χ4n) is 5.49. The maximum Gasteiger partial charge on any atom is 0.247 e. The highest BCUT2D eigenvalue weighted by atomic mass is 35.5. The fraction of sp³-hybridized carbons (Fsp3) is 0.452. The molecule has 0 aromatic heterocycles. The zero-order chi connectivity index (χ0) is 32.4. The predicted octanol–water partition coefficient (Wildman–Crippen LogP) is 2.30. The highest BCUT2D eigenvalue weighted by Gasteiger charge is 2.53. The highest BCUT2D eigenvalue weighted by molar-refractivity contribution is 6.34. The van der Waals surface area contributed by atoms with Crippen molar-refractivity contribution in [2.45, 2.75) is 75.3 Å². The molecule has 1 saturated carbocycles. The number of benzene rings is 2. The first kappa shape index (κ1) is 33.5. The molecular formula is C31H35Cl2NO11. The zero-order valence-corrected chi connectivity index (χ0v) is 25.9. The number of hydrogen-bond acceptors (Lipinski definition) is 11. The average Bonchev–Trinajstić information content (AvgIpc) is 3.64. The monoisotopic (exact) mass is 667 g/mol. The van der Waals surface area contributed by atoms with Crippen LogP contribution in [0.3, 0.4) is 0 Å². The number of aliphatic hydroxyl groups excluding tert-OH is 4. The molecule has 3 aliphatic rings. The molecule has 3 fully saturated rings. The molecule has 2 aliphatic heterocycles. The van der Waals surface area contributed by atoms with Crippen molar-refractivity contribution in [3.05, 3.63) is 69.2 Å². The van der Waals surface area contributed by atoms with E-state index < -0.39 is 61.0 Å². The molecule has 0 unspecified atom stereocenters. The third kappa shape index (κ3) is 7.57. The van der Waals surface area contributed by atoms with Crippen LogP contribution in [-0.4, -0.2) is 99.9 Å². The number of carbonyl (C=O) groups excluding carboxylic acids is 1. The molecule has 2 saturated heterocycles. The van der Waals surface area contributed by atoms with Crippen LogP contribution < -0.4 is 14.8 Å². The number of ether oxygens (including phenoxy) is 5. The van der Waals surface area contributed by atoms with Gasteiger partial charge in [-0.2, -0.15) is 0 Å². The van der Waals surface area contributed by atoms with E-state index >= 15 is 0 Å². The standard InChI is InChI=1S/C31H35Cl2NO11/c1-14(7-8-41-22-11-17(32)4-5-18(22)33)28-20(36)12-23(45-28)44-21-6-3-16(10-19(21)35)9-15(2)31(40)34-24-25(37)27(39)30-29(26(24)38)42-13-43-30/h3-7,9-11,20,23-30,35-39H,8,12-13H2,1-2H3,(H,34,40)/t20-,23+,24+,25-,26+,27+,28+,29-,30+/m0/s1. The van der Waals surface area contributed by atoms with E-state index in [1.165, 1.54) is 25.1 Å². The maximum absolute atomic E-state index is 12.9. The van der Waals surface area contributed by atoms with Gasteiger partial charge in [0, 0.05) is 23.1 Å². The number of phenols is 1. The molecule has 45 heavy (non-hydrogen) atoms. The van der Waals surface area contributed by atoms with E-state index in [-0.39, 0.29) is 36.9 Å². The molecule has 0 bridgehead atoms. The summed E-state index contributed by atoms with van der Waals surface area (Å²) < 4.78 is 27.9. The van der Waals surface area contributed by atoms with Gasteiger partial charge in [-0.05, 0) is 61.4 Å². The molecule has 2 aromatic rings. The second kappa shape index (κ2) is 14.2. The average molecular weight is 669 g/mol. The summed E-state index contributed by atoms with van der Waals surface area (Å²) in [4.78, 5) is 12.9. The van der Waals surface area contributed by atoms with E-state index in [0.29, 0.717) is 21.4 Å². The molecule has 5 rings (SSSR count). The molecule has 12 nitrogen and oxygen atoms in total. The van der Waals surface area contributed by atoms with Crippen molar-refractivity contribution in [2.24, 2.45) is 0 Å². The lowest BCUT2D eigenvalue weighted by molar-refractivity contribution is -0.155. The highest BCUT2D eigenvalue weighted by Crippen LogP contribution is 2.34. The molecule has 9 atom stereocenters. The quantitative estimate of drug-likeness (QED) is 0.171. The summed E-state index contributed by atoms with van der Waals surface area (Å²) >= 11 is 12.1. The van der Waals surface area contributed by atoms with Crippen molar-refractivity contribution in [2.75, 3.05) is 13.4 Å². The van der Waals surface area contributed by atoms with Crippen LogP contribution in [0, 0.1) is 0 Å². The van der Waals surface area contributed by atoms with Gasteiger partial charge >= 0.3 is 0 Å². The molecule has 244 valence electrons. The Hall–Kier alpha value is -2.91. The minimum absolute atomic E-state index is 0.114. The largest absolute Gasteiger partial charge is 0.504 e. The first-order chi connectivity index (χ1) is 21.4. The van der Waals surface area contributed by atoms with Gasteiger partial charge in [0.2, 0.25) is 12.2 Å². The van der Waals surface area contributed by atoms with Gasteiger partial charge in [-0.15, -0.1) is 0 Å². The molecule has 1 amide bonds. The zero-order valence-electron chi connectivity index (χ0n) is 24.4. The number of nitrogens with one attached hydrogen (secondary N) is 1. The maximum atomic E-state index is 12.9. The van der Waals surface area contributed by atoms with Gasteiger partial charge in [0.05, 0.1) is 17.2 Å². The Morgan fingerprint density at radius 1 is 1.00 bits per heavy atom. The Labute approximate surface area is 269 Å². The number of carbonyl (C=O) groups is 1. The number of hydrogen-bond donors (Lipinski definition) is 6. The summed E-state index contributed by atoms with van der Waals surface area (Å²) in [6, 6.07) is 8.21. The number of halogens is 2. The number of amides is 1. The number of rotatable bonds is 9. The van der Waals surface area contributed by atoms with Crippen molar-refractivity contribution in [1.82, 2.24) is 5.32 Å². The van der Waals surface area contributed by atoms with Crippen molar-refractivity contribution in [3.8, 4) is 17.2 Å². The predicted molar refractivity (Wildman–Crippen MR) is 162 cm³/mol. The Morgan fingerprint density at radius 2 is 1.73 bits per heavy atom. The van der Waals surface area contributed by atoms with Gasteiger partial charge in [-0.3, -0.25) is 4.79 Å². The molecule has 0 spiro atoms. The number of aromatic hydroxyl groups is 1. The van der Waals surface area contributed by atoms with Crippen LogP contribution in [0.15, 0.2) is 53.6 Å². The molecule has 0 radical (unpaired) electrons. The van der Waals surface area contributed by atoms with Gasteiger partial charge in [0.15, 0.2) is 11.5 Å². The second-order valence-corrected chi connectivity index (χ2v) is 12.0. The SMILES string of the molecule is CC(=Cc1ccc(O[C@H]2C[C@H](O)[C@@H](C(C)=CCOc3cc(Cl)ccc3Cl)O2)c(O)c1)C(=O)N[C@@H]1[C@H](O)[C@@H](O)[C@H]2OCO[C@H]2[C@@H]1O. The Morgan fingerprint density at radius 3 is 2.47 bits per heavy atom. The third-order valence-corrected chi connectivity index (χ3v) is 8.50. The number of phenolic OH excluding ortho intramolecular Hbond substituents is 1. The normalized spacial score (nSPS) is 31.9. The van der Waals surface area contributed by atoms with Crippen LogP contribution in [0.1, 0.15) is 25.8 Å². The van der Waals surface area contributed by atoms with Gasteiger partial charge < -0.3 is 54.5 Å². The number of aliphatic hydroxyl groups is 4. The lowest BCUT2D eigenvalue weighted by Gasteiger charge is -2.41. The molecule has 6 N–H and O–H groups in total. The first-order valence-electron chi connectivity index (χ1n) is 14.3. The molecule has 1 aliphatic carbocycles. The van der Waals surface area contributed by atoms with Crippen LogP contribution in [0.25, 0.3) is 6.08 Å². The Kier molecular flexibility index (Phi) is 10.6. The molecule has 14 heteroatoms. The lowest BCUT2D eigenvalue weighted by Crippen LogP contribution is -2.67. The summed E-state index contributed by atoms with van der Waals surface area (Å²) in [5.74, 6) is -0.278. The summed E-state index contributed by atoms with van der Waals surface area (Å²) in [6.45, 7) is 3.35. The van der Waals surface area contributed by atoms with Gasteiger partial charge in [-0.1, -0.05) is 29.3 Å². The van der Waals surface area contributed by atoms with E-state index in [0.717, 1.165) is 5.57 Å². The topological polar surface area (TPSA) is 176 Å². The van der Waals surface area contributed by atoms with E-state index in [1.54, 1.807) is 37.3 Å². The van der Waals surface area contributed by atoms with Gasteiger partial charge in [0.25, 0.3) is 0 Å². The van der Waals surface area contributed by atoms with E-state index in [1.807, 2.05) is 0 Å². The molecule has 2 aromatic carbocycles. The third-order valence-electron chi connectivity index (χ3n) is 7.95. The van der Waals surface area contributed by atoms with Gasteiger partial charge in [-0.25, -0.2) is 0 Å². The summed E-state index contributed by atoms with van der Waals surface area (Å²) in [6.07, 6.45) is -4.85. The molecule has 2 heterocycles. The van der Waals surface area contributed by atoms with E-state index in [2.05, 4.69) is 5.32 Å². The van der Waals surface area contributed by atoms with Crippen molar-refractivity contribution >= 4 is 35.2 Å². The Balaban J connectivity index is 1.16.